The van der Waals surface area contributed by atoms with E-state index in [1.807, 2.05) is 13.8 Å². The summed E-state index contributed by atoms with van der Waals surface area (Å²) < 4.78 is -0.333. The van der Waals surface area contributed by atoms with Gasteiger partial charge in [0.1, 0.15) is 17.5 Å². The summed E-state index contributed by atoms with van der Waals surface area (Å²) in [7, 11) is 0. The summed E-state index contributed by atoms with van der Waals surface area (Å²) >= 11 is 1.55. The number of hydrogen-bond acceptors (Lipinski definition) is 4. The SMILES string of the molecule is CC1(C)SC2C(N)C(=O)N2C1C(N)=O. The second kappa shape index (κ2) is 2.64. The van der Waals surface area contributed by atoms with Crippen LogP contribution >= 0.6 is 11.8 Å². The molecular weight excluding hydrogens is 202 g/mol. The third-order valence-corrected chi connectivity index (χ3v) is 4.34. The zero-order chi connectivity index (χ0) is 10.7. The Kier molecular flexibility index (Phi) is 1.84. The minimum atomic E-state index is -0.523. The average Bonchev–Trinajstić information content (AvgIpc) is 2.34. The number of rotatable bonds is 1. The van der Waals surface area contributed by atoms with Crippen LogP contribution < -0.4 is 11.5 Å². The van der Waals surface area contributed by atoms with Crippen LogP contribution in [0.25, 0.3) is 0 Å². The number of thioether (sulfide) groups is 1. The number of nitrogens with two attached hydrogens (primary N) is 2. The van der Waals surface area contributed by atoms with Gasteiger partial charge in [-0.25, -0.2) is 0 Å². The fourth-order valence-corrected chi connectivity index (χ4v) is 3.69. The van der Waals surface area contributed by atoms with E-state index in [9.17, 15) is 9.59 Å². The van der Waals surface area contributed by atoms with Crippen molar-refractivity contribution in [1.82, 2.24) is 4.90 Å². The summed E-state index contributed by atoms with van der Waals surface area (Å²) in [5.41, 5.74) is 10.9. The lowest BCUT2D eigenvalue weighted by atomic mass is 9.96. The molecule has 4 N–H and O–H groups in total. The lowest BCUT2D eigenvalue weighted by Gasteiger charge is -2.41. The number of β-lactam (4-membered cyclic amide) rings is 1. The molecule has 14 heavy (non-hydrogen) atoms. The van der Waals surface area contributed by atoms with E-state index in [2.05, 4.69) is 0 Å². The number of hydrogen-bond donors (Lipinski definition) is 2. The van der Waals surface area contributed by atoms with Crippen LogP contribution in [0.15, 0.2) is 0 Å². The van der Waals surface area contributed by atoms with E-state index >= 15 is 0 Å². The Morgan fingerprint density at radius 2 is 2.14 bits per heavy atom. The molecule has 0 aromatic carbocycles. The van der Waals surface area contributed by atoms with Crippen molar-refractivity contribution in [2.24, 2.45) is 11.5 Å². The van der Waals surface area contributed by atoms with Crippen LogP contribution in [0, 0.1) is 0 Å². The van der Waals surface area contributed by atoms with Crippen molar-refractivity contribution >= 4 is 23.6 Å². The molecule has 0 radical (unpaired) electrons. The topological polar surface area (TPSA) is 89.4 Å². The van der Waals surface area contributed by atoms with Crippen molar-refractivity contribution in [3.05, 3.63) is 0 Å². The minimum Gasteiger partial charge on any atom is -0.368 e. The van der Waals surface area contributed by atoms with Gasteiger partial charge in [-0.3, -0.25) is 9.59 Å². The highest BCUT2D eigenvalue weighted by Gasteiger charge is 2.61. The van der Waals surface area contributed by atoms with Gasteiger partial charge < -0.3 is 16.4 Å². The van der Waals surface area contributed by atoms with E-state index in [0.717, 1.165) is 0 Å². The van der Waals surface area contributed by atoms with Crippen LogP contribution in [0.3, 0.4) is 0 Å². The molecule has 0 aromatic heterocycles. The summed E-state index contributed by atoms with van der Waals surface area (Å²) in [6.07, 6.45) is 0. The van der Waals surface area contributed by atoms with Gasteiger partial charge >= 0.3 is 0 Å². The van der Waals surface area contributed by atoms with Crippen molar-refractivity contribution < 1.29 is 9.59 Å². The van der Waals surface area contributed by atoms with Crippen molar-refractivity contribution in [2.45, 2.75) is 36.1 Å². The molecule has 2 saturated heterocycles. The lowest BCUT2D eigenvalue weighted by molar-refractivity contribution is -0.151. The third-order valence-electron chi connectivity index (χ3n) is 2.75. The van der Waals surface area contributed by atoms with Gasteiger partial charge in [0.2, 0.25) is 11.8 Å². The Labute approximate surface area is 86.2 Å². The molecule has 0 bridgehead atoms. The highest BCUT2D eigenvalue weighted by molar-refractivity contribution is 8.01. The number of amides is 2. The summed E-state index contributed by atoms with van der Waals surface area (Å²) in [5, 5.41) is -0.0741. The molecule has 2 rings (SSSR count). The van der Waals surface area contributed by atoms with E-state index < -0.39 is 18.0 Å². The van der Waals surface area contributed by atoms with Crippen molar-refractivity contribution in [3.8, 4) is 0 Å². The molecule has 0 aliphatic carbocycles. The van der Waals surface area contributed by atoms with Crippen LogP contribution in [-0.2, 0) is 9.59 Å². The molecule has 0 saturated carbocycles. The molecule has 3 atom stereocenters. The van der Waals surface area contributed by atoms with Gasteiger partial charge in [-0.05, 0) is 13.8 Å². The van der Waals surface area contributed by atoms with Gasteiger partial charge in [0.15, 0.2) is 0 Å². The predicted molar refractivity (Wildman–Crippen MR) is 53.3 cm³/mol. The van der Waals surface area contributed by atoms with Gasteiger partial charge in [-0.2, -0.15) is 0 Å². The average molecular weight is 215 g/mol. The maximum atomic E-state index is 11.4. The standard InChI is InChI=1S/C8H13N3O2S/c1-8(2)4(5(10)12)11-6(13)3(9)7(11)14-8/h3-4,7H,9H2,1-2H3,(H2,10,12). The number of primary amides is 1. The third kappa shape index (κ3) is 1.01. The fraction of sp³-hybridized carbons (Fsp3) is 0.750. The maximum Gasteiger partial charge on any atom is 0.244 e. The van der Waals surface area contributed by atoms with Crippen molar-refractivity contribution in [3.63, 3.8) is 0 Å². The molecule has 2 amide bonds. The van der Waals surface area contributed by atoms with Gasteiger partial charge in [-0.1, -0.05) is 0 Å². The first-order valence-corrected chi connectivity index (χ1v) is 5.29. The summed E-state index contributed by atoms with van der Waals surface area (Å²) in [4.78, 5) is 24.2. The molecule has 0 aromatic rings. The lowest BCUT2D eigenvalue weighted by Crippen LogP contribution is -2.69. The molecule has 2 heterocycles. The Balaban J connectivity index is 2.32. The van der Waals surface area contributed by atoms with Crippen LogP contribution in [-0.4, -0.2) is 38.9 Å². The van der Waals surface area contributed by atoms with Crippen LogP contribution in [0.2, 0.25) is 0 Å². The molecule has 2 aliphatic rings. The molecule has 3 unspecified atom stereocenters. The van der Waals surface area contributed by atoms with Gasteiger partial charge in [0.25, 0.3) is 0 Å². The first-order chi connectivity index (χ1) is 6.36. The normalized spacial score (nSPS) is 39.2. The zero-order valence-electron chi connectivity index (χ0n) is 8.06. The van der Waals surface area contributed by atoms with Crippen molar-refractivity contribution in [2.75, 3.05) is 0 Å². The highest BCUT2D eigenvalue weighted by atomic mass is 32.2. The van der Waals surface area contributed by atoms with Gasteiger partial charge in [-0.15, -0.1) is 11.8 Å². The van der Waals surface area contributed by atoms with Gasteiger partial charge in [0.05, 0.1) is 0 Å². The first-order valence-electron chi connectivity index (χ1n) is 4.41. The van der Waals surface area contributed by atoms with E-state index in [1.54, 1.807) is 11.8 Å². The number of nitrogens with zero attached hydrogens (tertiary/aromatic N) is 1. The van der Waals surface area contributed by atoms with Gasteiger partial charge in [0, 0.05) is 4.75 Å². The van der Waals surface area contributed by atoms with E-state index in [0.29, 0.717) is 0 Å². The Hall–Kier alpha value is -0.750. The maximum absolute atomic E-state index is 11.4. The molecule has 2 fully saturated rings. The fourth-order valence-electron chi connectivity index (χ4n) is 2.10. The number of carbonyl (C=O) groups is 2. The quantitative estimate of drug-likeness (QED) is 0.541. The largest absolute Gasteiger partial charge is 0.368 e. The van der Waals surface area contributed by atoms with E-state index in [-0.39, 0.29) is 16.0 Å². The smallest absolute Gasteiger partial charge is 0.244 e. The summed E-state index contributed by atoms with van der Waals surface area (Å²) in [5.74, 6) is -0.623. The summed E-state index contributed by atoms with van der Waals surface area (Å²) in [6, 6.07) is -0.992. The zero-order valence-corrected chi connectivity index (χ0v) is 8.88. The molecule has 6 heteroatoms. The second-order valence-corrected chi connectivity index (χ2v) is 5.96. The number of fused-ring (bicyclic) bond motifs is 1. The van der Waals surface area contributed by atoms with Crippen LogP contribution in [0.1, 0.15) is 13.8 Å². The highest BCUT2D eigenvalue weighted by Crippen LogP contribution is 2.49. The van der Waals surface area contributed by atoms with E-state index in [4.69, 9.17) is 11.5 Å². The molecule has 78 valence electrons. The monoisotopic (exact) mass is 215 g/mol. The Bertz CT molecular complexity index is 318. The Morgan fingerprint density at radius 3 is 2.64 bits per heavy atom. The minimum absolute atomic E-state index is 0.0741. The van der Waals surface area contributed by atoms with E-state index in [1.165, 1.54) is 4.90 Å². The predicted octanol–water partition coefficient (Wildman–Crippen LogP) is -1.14. The van der Waals surface area contributed by atoms with Crippen LogP contribution in [0.5, 0.6) is 0 Å². The first kappa shape index (κ1) is 9.79. The van der Waals surface area contributed by atoms with Crippen molar-refractivity contribution in [1.29, 1.82) is 0 Å². The second-order valence-electron chi connectivity index (χ2n) is 4.19. The molecule has 5 nitrogen and oxygen atoms in total. The molecule has 2 aliphatic heterocycles. The van der Waals surface area contributed by atoms with Crippen LogP contribution in [0.4, 0.5) is 0 Å². The number of carbonyl (C=O) groups excluding carboxylic acids is 2. The summed E-state index contributed by atoms with van der Waals surface area (Å²) in [6.45, 7) is 3.82. The molecule has 0 spiro atoms. The molecular formula is C8H13N3O2S. The Morgan fingerprint density at radius 1 is 1.57 bits per heavy atom.